The van der Waals surface area contributed by atoms with Crippen molar-refractivity contribution in [3.63, 3.8) is 0 Å². The van der Waals surface area contributed by atoms with Gasteiger partial charge in [0.15, 0.2) is 0 Å². The van der Waals surface area contributed by atoms with Crippen molar-refractivity contribution in [3.05, 3.63) is 77.4 Å². The van der Waals surface area contributed by atoms with E-state index in [1.165, 1.54) is 18.9 Å². The first kappa shape index (κ1) is 18.1. The van der Waals surface area contributed by atoms with Crippen molar-refractivity contribution >= 4 is 17.6 Å². The number of nitrogens with one attached hydrogen (secondary N) is 1. The van der Waals surface area contributed by atoms with E-state index >= 15 is 0 Å². The topological polar surface area (TPSA) is 80.2 Å². The van der Waals surface area contributed by atoms with Gasteiger partial charge in [0.25, 0.3) is 0 Å². The molecule has 28 heavy (non-hydrogen) atoms. The minimum atomic E-state index is -0.406. The number of ether oxygens (including phenoxy) is 1. The Kier molecular flexibility index (Phi) is 5.25. The molecular formula is C21H21N5O2. The minimum absolute atomic E-state index is 0.406. The van der Waals surface area contributed by atoms with Crippen LogP contribution in [-0.2, 0) is 24.2 Å². The molecule has 0 bridgehead atoms. The second kappa shape index (κ2) is 8.14. The molecule has 1 aromatic carbocycles. The van der Waals surface area contributed by atoms with E-state index < -0.39 is 5.97 Å². The molecule has 4 rings (SSSR count). The molecule has 0 saturated heterocycles. The third-order valence-electron chi connectivity index (χ3n) is 4.77. The molecular weight excluding hydrogens is 354 g/mol. The monoisotopic (exact) mass is 375 g/mol. The van der Waals surface area contributed by atoms with Crippen LogP contribution in [0.5, 0.6) is 0 Å². The summed E-state index contributed by atoms with van der Waals surface area (Å²) < 4.78 is 4.70. The second-order valence-electron chi connectivity index (χ2n) is 6.64. The highest BCUT2D eigenvalue weighted by atomic mass is 16.5. The van der Waals surface area contributed by atoms with Crippen molar-refractivity contribution in [1.82, 2.24) is 19.9 Å². The molecule has 3 aromatic rings. The van der Waals surface area contributed by atoms with Crippen LogP contribution in [0.2, 0.25) is 0 Å². The summed E-state index contributed by atoms with van der Waals surface area (Å²) in [6, 6.07) is 13.9. The number of carbonyl (C=O) groups excluding carboxylic acids is 1. The van der Waals surface area contributed by atoms with Gasteiger partial charge in [-0.1, -0.05) is 30.3 Å². The lowest BCUT2D eigenvalue weighted by atomic mass is 10.0. The zero-order valence-electron chi connectivity index (χ0n) is 15.6. The molecule has 7 nitrogen and oxygen atoms in total. The molecule has 142 valence electrons. The number of esters is 1. The van der Waals surface area contributed by atoms with Crippen LogP contribution in [-0.4, -0.2) is 39.5 Å². The van der Waals surface area contributed by atoms with Crippen LogP contribution < -0.4 is 5.32 Å². The number of hydrogen-bond acceptors (Lipinski definition) is 7. The fourth-order valence-electron chi connectivity index (χ4n) is 3.32. The van der Waals surface area contributed by atoms with Gasteiger partial charge in [-0.25, -0.2) is 19.7 Å². The Bertz CT molecular complexity index is 960. The van der Waals surface area contributed by atoms with Gasteiger partial charge in [0, 0.05) is 31.4 Å². The number of methoxy groups -OCH3 is 1. The Hall–Kier alpha value is -3.32. The highest BCUT2D eigenvalue weighted by Crippen LogP contribution is 2.25. The number of hydrogen-bond donors (Lipinski definition) is 1. The normalized spacial score (nSPS) is 13.6. The van der Waals surface area contributed by atoms with Crippen molar-refractivity contribution in [3.8, 4) is 0 Å². The summed E-state index contributed by atoms with van der Waals surface area (Å²) in [6.45, 7) is 2.64. The standard InChI is InChI=1S/C21H21N5O2/c1-28-21(27)16-7-8-19(22-11-16)25-20-17-9-10-26(13-18(17)23-14-24-20)12-15-5-3-2-4-6-15/h2-8,11,14H,9-10,12-13H2,1H3,(H,22,23,24,25). The average molecular weight is 375 g/mol. The van der Waals surface area contributed by atoms with Crippen LogP contribution in [0.4, 0.5) is 11.6 Å². The summed E-state index contributed by atoms with van der Waals surface area (Å²) in [4.78, 5) is 27.1. The Morgan fingerprint density at radius 3 is 2.75 bits per heavy atom. The quantitative estimate of drug-likeness (QED) is 0.687. The largest absolute Gasteiger partial charge is 0.465 e. The number of aromatic nitrogens is 3. The van der Waals surface area contributed by atoms with Gasteiger partial charge in [-0.2, -0.15) is 0 Å². The van der Waals surface area contributed by atoms with E-state index in [4.69, 9.17) is 4.74 Å². The Morgan fingerprint density at radius 2 is 2.00 bits per heavy atom. The van der Waals surface area contributed by atoms with Gasteiger partial charge in [0.05, 0.1) is 18.4 Å². The van der Waals surface area contributed by atoms with Crippen molar-refractivity contribution < 1.29 is 9.53 Å². The minimum Gasteiger partial charge on any atom is -0.465 e. The molecule has 0 radical (unpaired) electrons. The van der Waals surface area contributed by atoms with Crippen LogP contribution in [0.25, 0.3) is 0 Å². The predicted molar refractivity (Wildman–Crippen MR) is 105 cm³/mol. The molecule has 1 aliphatic rings. The van der Waals surface area contributed by atoms with Crippen molar-refractivity contribution in [1.29, 1.82) is 0 Å². The van der Waals surface area contributed by atoms with E-state index in [0.717, 1.165) is 43.1 Å². The first-order valence-electron chi connectivity index (χ1n) is 9.13. The van der Waals surface area contributed by atoms with Gasteiger partial charge < -0.3 is 10.1 Å². The van der Waals surface area contributed by atoms with E-state index in [-0.39, 0.29) is 0 Å². The van der Waals surface area contributed by atoms with Gasteiger partial charge in [-0.15, -0.1) is 0 Å². The van der Waals surface area contributed by atoms with Gasteiger partial charge >= 0.3 is 5.97 Å². The molecule has 7 heteroatoms. The Morgan fingerprint density at radius 1 is 1.14 bits per heavy atom. The van der Waals surface area contributed by atoms with Gasteiger partial charge in [0.2, 0.25) is 0 Å². The molecule has 0 fully saturated rings. The van der Waals surface area contributed by atoms with Crippen molar-refractivity contribution in [2.45, 2.75) is 19.5 Å². The number of fused-ring (bicyclic) bond motifs is 1. The van der Waals surface area contributed by atoms with E-state index in [1.54, 1.807) is 18.5 Å². The van der Waals surface area contributed by atoms with Crippen LogP contribution in [0.15, 0.2) is 55.0 Å². The van der Waals surface area contributed by atoms with Crippen molar-refractivity contribution in [2.75, 3.05) is 19.0 Å². The molecule has 0 unspecified atom stereocenters. The molecule has 0 spiro atoms. The lowest BCUT2D eigenvalue weighted by Gasteiger charge is -2.28. The number of anilines is 2. The molecule has 0 atom stereocenters. The maximum Gasteiger partial charge on any atom is 0.339 e. The van der Waals surface area contributed by atoms with E-state index in [9.17, 15) is 4.79 Å². The first-order chi connectivity index (χ1) is 13.7. The SMILES string of the molecule is COC(=O)c1ccc(Nc2ncnc3c2CCN(Cc2ccccc2)C3)nc1. The molecule has 0 amide bonds. The van der Waals surface area contributed by atoms with Crippen LogP contribution in [0, 0.1) is 0 Å². The first-order valence-corrected chi connectivity index (χ1v) is 9.13. The molecule has 0 saturated carbocycles. The summed E-state index contributed by atoms with van der Waals surface area (Å²) in [5, 5.41) is 3.25. The highest BCUT2D eigenvalue weighted by molar-refractivity contribution is 5.89. The smallest absolute Gasteiger partial charge is 0.339 e. The lowest BCUT2D eigenvalue weighted by Crippen LogP contribution is -2.31. The lowest BCUT2D eigenvalue weighted by molar-refractivity contribution is 0.0600. The highest BCUT2D eigenvalue weighted by Gasteiger charge is 2.21. The predicted octanol–water partition coefficient (Wildman–Crippen LogP) is 2.96. The second-order valence-corrected chi connectivity index (χ2v) is 6.64. The number of pyridine rings is 1. The summed E-state index contributed by atoms with van der Waals surface area (Å²) >= 11 is 0. The number of rotatable bonds is 5. The zero-order chi connectivity index (χ0) is 19.3. The fourth-order valence-corrected chi connectivity index (χ4v) is 3.32. The van der Waals surface area contributed by atoms with Gasteiger partial charge in [-0.05, 0) is 24.1 Å². The molecule has 1 N–H and O–H groups in total. The van der Waals surface area contributed by atoms with E-state index in [1.807, 2.05) is 6.07 Å². The Balaban J connectivity index is 1.48. The molecule has 0 aliphatic carbocycles. The summed E-state index contributed by atoms with van der Waals surface area (Å²) in [5.41, 5.74) is 3.86. The number of benzene rings is 1. The van der Waals surface area contributed by atoms with Gasteiger partial charge in [0.1, 0.15) is 18.0 Å². The van der Waals surface area contributed by atoms with Crippen molar-refractivity contribution in [2.24, 2.45) is 0 Å². The molecule has 2 aromatic heterocycles. The molecule has 1 aliphatic heterocycles. The number of carbonyl (C=O) groups is 1. The van der Waals surface area contributed by atoms with Crippen LogP contribution in [0.1, 0.15) is 27.2 Å². The summed E-state index contributed by atoms with van der Waals surface area (Å²) in [5.74, 6) is 0.986. The maximum atomic E-state index is 11.5. The van der Waals surface area contributed by atoms with E-state index in [2.05, 4.69) is 49.4 Å². The summed E-state index contributed by atoms with van der Waals surface area (Å²) in [7, 11) is 1.35. The van der Waals surface area contributed by atoms with Gasteiger partial charge in [-0.3, -0.25) is 4.90 Å². The zero-order valence-corrected chi connectivity index (χ0v) is 15.6. The number of nitrogens with zero attached hydrogens (tertiary/aromatic N) is 4. The maximum absolute atomic E-state index is 11.5. The fraction of sp³-hybridized carbons (Fsp3) is 0.238. The molecule has 3 heterocycles. The summed E-state index contributed by atoms with van der Waals surface area (Å²) in [6.07, 6.45) is 3.94. The average Bonchev–Trinajstić information content (AvgIpc) is 2.74. The third kappa shape index (κ3) is 3.99. The van der Waals surface area contributed by atoms with Crippen LogP contribution in [0.3, 0.4) is 0 Å². The van der Waals surface area contributed by atoms with Crippen LogP contribution >= 0.6 is 0 Å². The third-order valence-corrected chi connectivity index (χ3v) is 4.77. The Labute approximate surface area is 163 Å². The van der Waals surface area contributed by atoms with E-state index in [0.29, 0.717) is 11.4 Å².